The summed E-state index contributed by atoms with van der Waals surface area (Å²) < 4.78 is 18.7. The molecular formula is C25H30FN3O4S. The molecule has 34 heavy (non-hydrogen) atoms. The van der Waals surface area contributed by atoms with Gasteiger partial charge >= 0.3 is 5.97 Å². The van der Waals surface area contributed by atoms with Crippen molar-refractivity contribution < 1.29 is 23.8 Å². The van der Waals surface area contributed by atoms with E-state index in [4.69, 9.17) is 15.6 Å². The highest BCUT2D eigenvalue weighted by Gasteiger charge is 2.19. The van der Waals surface area contributed by atoms with E-state index in [1.54, 1.807) is 19.3 Å². The molecule has 1 saturated heterocycles. The number of carboxylic acid groups (broad SMARTS) is 1. The Balaban J connectivity index is 0.000000196. The molecule has 3 N–H and O–H groups in total. The number of thioether (sulfide) groups is 1. The summed E-state index contributed by atoms with van der Waals surface area (Å²) in [5.41, 5.74) is 7.15. The van der Waals surface area contributed by atoms with Crippen molar-refractivity contribution in [2.24, 2.45) is 5.73 Å². The number of fused-ring (bicyclic) bond motifs is 1. The number of carbonyl (C=O) groups is 2. The van der Waals surface area contributed by atoms with Gasteiger partial charge in [0.05, 0.1) is 12.8 Å². The van der Waals surface area contributed by atoms with Crippen LogP contribution in [0.4, 0.5) is 10.1 Å². The molecule has 182 valence electrons. The van der Waals surface area contributed by atoms with Crippen molar-refractivity contribution in [3.05, 3.63) is 59.4 Å². The average Bonchev–Trinajstić information content (AvgIpc) is 2.84. The molecule has 0 spiro atoms. The van der Waals surface area contributed by atoms with Gasteiger partial charge in [-0.05, 0) is 54.9 Å². The minimum absolute atomic E-state index is 0.162. The highest BCUT2D eigenvalue weighted by atomic mass is 32.2. The minimum Gasteiger partial charge on any atom is -0.497 e. The van der Waals surface area contributed by atoms with Crippen LogP contribution in [0.3, 0.4) is 0 Å². The number of aliphatic carboxylic acids is 1. The van der Waals surface area contributed by atoms with Gasteiger partial charge in [-0.1, -0.05) is 12.1 Å². The number of rotatable bonds is 7. The maximum absolute atomic E-state index is 13.7. The highest BCUT2D eigenvalue weighted by Crippen LogP contribution is 2.34. The van der Waals surface area contributed by atoms with E-state index in [1.807, 2.05) is 30.3 Å². The number of primary amides is 1. The van der Waals surface area contributed by atoms with Gasteiger partial charge in [0.15, 0.2) is 0 Å². The summed E-state index contributed by atoms with van der Waals surface area (Å²) in [6, 6.07) is 12.6. The maximum atomic E-state index is 13.7. The van der Waals surface area contributed by atoms with Crippen LogP contribution in [0, 0.1) is 5.82 Å². The smallest absolute Gasteiger partial charge is 0.332 e. The van der Waals surface area contributed by atoms with E-state index >= 15 is 0 Å². The molecule has 0 bridgehead atoms. The molecule has 0 radical (unpaired) electrons. The number of ether oxygens (including phenoxy) is 1. The number of hydrogen-bond donors (Lipinski definition) is 2. The summed E-state index contributed by atoms with van der Waals surface area (Å²) in [4.78, 5) is 26.9. The predicted octanol–water partition coefficient (Wildman–Crippen LogP) is 3.48. The standard InChI is InChI=1S/C14H20FN3O.C11H10O3S/c15-12-4-1-2-5-13(12)18-10-8-17(9-11-18)7-3-6-14(16)19;1-14-9-2-3-10-7(5-9)4-8(6-15-10)11(12)13/h1-2,4-5H,3,6-11H2,(H2,16,19);2-5H,6H2,1H3,(H,12,13). The third-order valence-corrected chi connectivity index (χ3v) is 6.81. The Hall–Kier alpha value is -3.04. The summed E-state index contributed by atoms with van der Waals surface area (Å²) in [6.07, 6.45) is 2.94. The molecule has 2 aliphatic rings. The topological polar surface area (TPSA) is 96.1 Å². The summed E-state index contributed by atoms with van der Waals surface area (Å²) in [6.45, 7) is 4.31. The van der Waals surface area contributed by atoms with Crippen LogP contribution in [0.5, 0.6) is 5.75 Å². The first-order valence-corrected chi connectivity index (χ1v) is 12.1. The first-order valence-electron chi connectivity index (χ1n) is 11.1. The van der Waals surface area contributed by atoms with Crippen LogP contribution in [0.2, 0.25) is 0 Å². The summed E-state index contributed by atoms with van der Waals surface area (Å²) in [5, 5.41) is 8.88. The monoisotopic (exact) mass is 487 g/mol. The van der Waals surface area contributed by atoms with Gasteiger partial charge in [0.25, 0.3) is 0 Å². The zero-order chi connectivity index (χ0) is 24.5. The molecule has 0 aromatic heterocycles. The van der Waals surface area contributed by atoms with E-state index in [0.29, 0.717) is 23.4 Å². The van der Waals surface area contributed by atoms with E-state index < -0.39 is 5.97 Å². The number of para-hydroxylation sites is 1. The van der Waals surface area contributed by atoms with Gasteiger partial charge in [0, 0.05) is 48.8 Å². The lowest BCUT2D eigenvalue weighted by Gasteiger charge is -2.36. The van der Waals surface area contributed by atoms with Gasteiger partial charge in [0.1, 0.15) is 11.6 Å². The molecule has 0 saturated carbocycles. The fraction of sp³-hybridized carbons (Fsp3) is 0.360. The molecule has 0 aliphatic carbocycles. The van der Waals surface area contributed by atoms with Crippen molar-refractivity contribution in [2.45, 2.75) is 17.7 Å². The van der Waals surface area contributed by atoms with Crippen molar-refractivity contribution >= 4 is 35.4 Å². The second-order valence-electron chi connectivity index (χ2n) is 8.02. The van der Waals surface area contributed by atoms with Gasteiger partial charge in [-0.3, -0.25) is 9.69 Å². The zero-order valence-electron chi connectivity index (χ0n) is 19.2. The number of nitrogens with zero attached hydrogens (tertiary/aromatic N) is 2. The fourth-order valence-corrected chi connectivity index (χ4v) is 4.77. The van der Waals surface area contributed by atoms with Crippen LogP contribution in [0.25, 0.3) is 6.08 Å². The number of halogens is 1. The largest absolute Gasteiger partial charge is 0.497 e. The van der Waals surface area contributed by atoms with E-state index in [2.05, 4.69) is 9.80 Å². The number of benzene rings is 2. The third-order valence-electron chi connectivity index (χ3n) is 5.67. The molecule has 2 aliphatic heterocycles. The van der Waals surface area contributed by atoms with Gasteiger partial charge < -0.3 is 20.5 Å². The molecule has 9 heteroatoms. The Morgan fingerprint density at radius 2 is 1.88 bits per heavy atom. The van der Waals surface area contributed by atoms with Crippen molar-refractivity contribution in [2.75, 3.05) is 50.5 Å². The van der Waals surface area contributed by atoms with Crippen molar-refractivity contribution in [3.63, 3.8) is 0 Å². The van der Waals surface area contributed by atoms with Crippen LogP contribution in [0.15, 0.2) is 52.9 Å². The number of piperazine rings is 1. The average molecular weight is 488 g/mol. The lowest BCUT2D eigenvalue weighted by molar-refractivity contribution is -0.132. The number of carboxylic acids is 1. The molecule has 1 amide bonds. The van der Waals surface area contributed by atoms with E-state index in [0.717, 1.165) is 55.4 Å². The van der Waals surface area contributed by atoms with Gasteiger partial charge in [0.2, 0.25) is 5.91 Å². The van der Waals surface area contributed by atoms with Gasteiger partial charge in [-0.25, -0.2) is 9.18 Å². The van der Waals surface area contributed by atoms with Crippen molar-refractivity contribution in [3.8, 4) is 5.75 Å². The fourth-order valence-electron chi connectivity index (χ4n) is 3.80. The van der Waals surface area contributed by atoms with Crippen molar-refractivity contribution in [1.29, 1.82) is 0 Å². The predicted molar refractivity (Wildman–Crippen MR) is 133 cm³/mol. The second-order valence-corrected chi connectivity index (χ2v) is 9.03. The van der Waals surface area contributed by atoms with Crippen molar-refractivity contribution in [1.82, 2.24) is 4.90 Å². The molecule has 0 unspecified atom stereocenters. The summed E-state index contributed by atoms with van der Waals surface area (Å²) in [7, 11) is 1.60. The molecule has 2 aromatic rings. The summed E-state index contributed by atoms with van der Waals surface area (Å²) >= 11 is 1.54. The molecule has 7 nitrogen and oxygen atoms in total. The van der Waals surface area contributed by atoms with Crippen LogP contribution < -0.4 is 15.4 Å². The number of anilines is 1. The molecule has 2 aromatic carbocycles. The van der Waals surface area contributed by atoms with E-state index in [1.165, 1.54) is 17.8 Å². The number of hydrogen-bond acceptors (Lipinski definition) is 6. The van der Waals surface area contributed by atoms with E-state index in [9.17, 15) is 14.0 Å². The summed E-state index contributed by atoms with van der Waals surface area (Å²) in [5.74, 6) is 0.0113. The molecule has 2 heterocycles. The number of carbonyl (C=O) groups excluding carboxylic acids is 1. The van der Waals surface area contributed by atoms with Crippen LogP contribution in [-0.2, 0) is 9.59 Å². The number of nitrogens with two attached hydrogens (primary N) is 1. The number of methoxy groups -OCH3 is 1. The lowest BCUT2D eigenvalue weighted by atomic mass is 10.1. The Labute approximate surface area is 203 Å². The first-order chi connectivity index (χ1) is 16.4. The lowest BCUT2D eigenvalue weighted by Crippen LogP contribution is -2.47. The second kappa shape index (κ2) is 12.4. The van der Waals surface area contributed by atoms with E-state index in [-0.39, 0.29) is 11.7 Å². The Bertz CT molecular complexity index is 1040. The Kier molecular flexibility index (Phi) is 9.35. The molecule has 1 fully saturated rings. The molecule has 4 rings (SSSR count). The quantitative estimate of drug-likeness (QED) is 0.617. The van der Waals surface area contributed by atoms with Crippen LogP contribution in [-0.4, -0.2) is 67.5 Å². The highest BCUT2D eigenvalue weighted by molar-refractivity contribution is 7.99. The maximum Gasteiger partial charge on any atom is 0.332 e. The Morgan fingerprint density at radius 3 is 2.53 bits per heavy atom. The molecule has 0 atom stereocenters. The van der Waals surface area contributed by atoms with Gasteiger partial charge in [-0.2, -0.15) is 0 Å². The van der Waals surface area contributed by atoms with Gasteiger partial charge in [-0.15, -0.1) is 11.8 Å². The number of amides is 1. The SMILES string of the molecule is COc1ccc2c(c1)C=C(C(=O)O)CS2.NC(=O)CCCN1CCN(c2ccccc2F)CC1. The third kappa shape index (κ3) is 7.23. The zero-order valence-corrected chi connectivity index (χ0v) is 20.0. The minimum atomic E-state index is -0.851. The van der Waals surface area contributed by atoms with Crippen LogP contribution in [0.1, 0.15) is 18.4 Å². The molecular weight excluding hydrogens is 457 g/mol. The first kappa shape index (κ1) is 25.6. The normalized spacial score (nSPS) is 15.5. The Morgan fingerprint density at radius 1 is 1.15 bits per heavy atom. The van der Waals surface area contributed by atoms with Crippen LogP contribution >= 0.6 is 11.8 Å².